The largest absolute Gasteiger partial charge is 0.256 e. The molecule has 5 rings (SSSR count). The molecule has 0 aliphatic rings. The van der Waals surface area contributed by atoms with E-state index in [4.69, 9.17) is 0 Å². The van der Waals surface area contributed by atoms with Crippen LogP contribution in [0.3, 0.4) is 0 Å². The summed E-state index contributed by atoms with van der Waals surface area (Å²) in [6.45, 7) is -7.45. The maximum absolute atomic E-state index is 15.4. The first-order chi connectivity index (χ1) is 24.2. The highest BCUT2D eigenvalue weighted by atomic mass is 19.2. The van der Waals surface area contributed by atoms with Gasteiger partial charge in [0.25, 0.3) is 13.4 Å². The van der Waals surface area contributed by atoms with Gasteiger partial charge in [-0.2, -0.15) is 0 Å². The van der Waals surface area contributed by atoms with E-state index in [9.17, 15) is 52.7 Å². The summed E-state index contributed by atoms with van der Waals surface area (Å²) < 4.78 is 295. The summed E-state index contributed by atoms with van der Waals surface area (Å²) in [6, 6.07) is 1.25. The lowest BCUT2D eigenvalue weighted by atomic mass is 9.28. The van der Waals surface area contributed by atoms with Crippen LogP contribution >= 0.6 is 0 Å². The molecule has 0 atom stereocenters. The van der Waals surface area contributed by atoms with E-state index < -0.39 is 163 Å². The van der Waals surface area contributed by atoms with Gasteiger partial charge in [0.1, 0.15) is 0 Å². The molecule has 0 unspecified atom stereocenters. The molecule has 52 heavy (non-hydrogen) atoms. The van der Waals surface area contributed by atoms with Crippen molar-refractivity contribution in [3.8, 4) is 0 Å². The van der Waals surface area contributed by atoms with Crippen molar-refractivity contribution in [1.29, 1.82) is 0 Å². The minimum absolute atomic E-state index is 0.126. The molecule has 270 valence electrons. The maximum Gasteiger partial charge on any atom is 0.256 e. The molecule has 0 radical (unpaired) electrons. The van der Waals surface area contributed by atoms with Crippen LogP contribution in [0.4, 0.5) is 87.8 Å². The monoisotopic (exact) mass is 766 g/mol. The first-order valence-corrected chi connectivity index (χ1v) is 13.3. The van der Waals surface area contributed by atoms with Crippen LogP contribution in [0, 0.1) is 116 Å². The molecule has 0 aliphatic heterocycles. The zero-order valence-corrected chi connectivity index (χ0v) is 24.0. The van der Waals surface area contributed by atoms with Crippen molar-refractivity contribution < 1.29 is 87.8 Å². The molecule has 0 fully saturated rings. The normalized spacial score (nSPS) is 11.5. The standard InChI is InChI=1S/C30H4B2F20/c33-11-7(12(34)20(42)27(49)19(11)41)31(8-13(35)21(43)28(50)22(44)14(8)36)5-3-1-2-4-6(5)32(9-15(37)23(45)29(51)24(46)16(9)38)10-17(39)25(47)30(52)26(48)18(10)40/h1-4H. The SMILES string of the molecule is Fc1c(F)c(F)c(B(c2ccccc2B(c2c(F)c(F)c(F)c(F)c2F)c2c(F)c(F)c(F)c(F)c2F)c2c(F)c(F)c(F)c(F)c2F)c(F)c1F. The van der Waals surface area contributed by atoms with E-state index in [1.165, 1.54) is 0 Å². The summed E-state index contributed by atoms with van der Waals surface area (Å²) in [6.07, 6.45) is 0. The Morgan fingerprint density at radius 1 is 0.212 bits per heavy atom. The van der Waals surface area contributed by atoms with Gasteiger partial charge in [-0.15, -0.1) is 0 Å². The Morgan fingerprint density at radius 2 is 0.346 bits per heavy atom. The fraction of sp³-hybridized carbons (Fsp3) is 0. The van der Waals surface area contributed by atoms with E-state index in [0.29, 0.717) is 12.1 Å². The maximum atomic E-state index is 15.4. The molecule has 5 aromatic carbocycles. The number of hydrogen-bond acceptors (Lipinski definition) is 0. The van der Waals surface area contributed by atoms with Crippen LogP contribution in [0.5, 0.6) is 0 Å². The van der Waals surface area contributed by atoms with Crippen LogP contribution in [-0.2, 0) is 0 Å². The van der Waals surface area contributed by atoms with Crippen molar-refractivity contribution in [1.82, 2.24) is 0 Å². The minimum Gasteiger partial charge on any atom is -0.204 e. The van der Waals surface area contributed by atoms with E-state index in [1.807, 2.05) is 0 Å². The van der Waals surface area contributed by atoms with E-state index >= 15 is 35.1 Å². The first-order valence-electron chi connectivity index (χ1n) is 13.3. The van der Waals surface area contributed by atoms with Crippen LogP contribution in [0.15, 0.2) is 24.3 Å². The quantitative estimate of drug-likeness (QED) is 0.0929. The van der Waals surface area contributed by atoms with Gasteiger partial charge in [-0.05, 0) is 0 Å². The van der Waals surface area contributed by atoms with E-state index in [0.717, 1.165) is 0 Å². The van der Waals surface area contributed by atoms with Gasteiger partial charge in [-0.1, -0.05) is 35.2 Å². The summed E-state index contributed by atoms with van der Waals surface area (Å²) >= 11 is 0. The third-order valence-corrected chi connectivity index (χ3v) is 7.75. The summed E-state index contributed by atoms with van der Waals surface area (Å²) in [7, 11) is 0. The number of halogens is 20. The Balaban J connectivity index is 2.10. The zero-order valence-electron chi connectivity index (χ0n) is 24.0. The summed E-state index contributed by atoms with van der Waals surface area (Å²) in [5.74, 6) is -60.8. The lowest BCUT2D eigenvalue weighted by molar-refractivity contribution is 0.382. The molecule has 0 aliphatic carbocycles. The Hall–Kier alpha value is -5.17. The van der Waals surface area contributed by atoms with Gasteiger partial charge < -0.3 is 0 Å². The van der Waals surface area contributed by atoms with Crippen molar-refractivity contribution in [3.05, 3.63) is 141 Å². The van der Waals surface area contributed by atoms with Gasteiger partial charge in [0, 0.05) is 21.9 Å². The number of hydrogen-bond donors (Lipinski definition) is 0. The molecular formula is C30H4B2F20. The van der Waals surface area contributed by atoms with Gasteiger partial charge in [-0.25, -0.2) is 87.8 Å². The van der Waals surface area contributed by atoms with Gasteiger partial charge in [-0.3, -0.25) is 0 Å². The highest BCUT2D eigenvalue weighted by Crippen LogP contribution is 2.23. The lowest BCUT2D eigenvalue weighted by Crippen LogP contribution is -2.68. The van der Waals surface area contributed by atoms with Gasteiger partial charge >= 0.3 is 0 Å². The minimum atomic E-state index is -3.73. The summed E-state index contributed by atoms with van der Waals surface area (Å²) in [5.41, 5.74) is -13.8. The van der Waals surface area contributed by atoms with Crippen LogP contribution in [0.25, 0.3) is 0 Å². The number of benzene rings is 5. The third-order valence-electron chi connectivity index (χ3n) is 7.75. The van der Waals surface area contributed by atoms with Gasteiger partial charge in [0.05, 0.1) is 0 Å². The van der Waals surface area contributed by atoms with Crippen LogP contribution < -0.4 is 32.8 Å². The Bertz CT molecular complexity index is 1930. The second kappa shape index (κ2) is 13.4. The topological polar surface area (TPSA) is 0 Å². The predicted octanol–water partition coefficient (Wildman–Crippen LogP) is 5.50. The van der Waals surface area contributed by atoms with E-state index in [2.05, 4.69) is 0 Å². The smallest absolute Gasteiger partial charge is 0.204 e. The molecule has 0 aromatic heterocycles. The molecule has 0 amide bonds. The molecule has 0 heterocycles. The second-order valence-electron chi connectivity index (χ2n) is 10.4. The molecule has 0 bridgehead atoms. The Labute approximate surface area is 275 Å². The molecule has 0 spiro atoms. The molecule has 22 heteroatoms. The fourth-order valence-electron chi connectivity index (χ4n) is 5.45. The van der Waals surface area contributed by atoms with Crippen molar-refractivity contribution >= 4 is 46.2 Å². The summed E-state index contributed by atoms with van der Waals surface area (Å²) in [5, 5.41) is 0. The number of rotatable bonds is 6. The van der Waals surface area contributed by atoms with E-state index in [-0.39, 0.29) is 12.1 Å². The van der Waals surface area contributed by atoms with Crippen molar-refractivity contribution in [2.24, 2.45) is 0 Å². The highest BCUT2D eigenvalue weighted by molar-refractivity contribution is 7.04. The van der Waals surface area contributed by atoms with Gasteiger partial charge in [0.15, 0.2) is 116 Å². The van der Waals surface area contributed by atoms with Crippen molar-refractivity contribution in [2.45, 2.75) is 0 Å². The Kier molecular flexibility index (Phi) is 9.83. The molecule has 0 nitrogen and oxygen atoms in total. The molecule has 0 saturated carbocycles. The molecule has 0 N–H and O–H groups in total. The molecule has 0 saturated heterocycles. The fourth-order valence-corrected chi connectivity index (χ4v) is 5.45. The van der Waals surface area contributed by atoms with Crippen molar-refractivity contribution in [3.63, 3.8) is 0 Å². The lowest BCUT2D eigenvalue weighted by Gasteiger charge is -2.26. The van der Waals surface area contributed by atoms with Crippen LogP contribution in [0.2, 0.25) is 0 Å². The average Bonchev–Trinajstić information content (AvgIpc) is 3.13. The Morgan fingerprint density at radius 3 is 0.500 bits per heavy atom. The van der Waals surface area contributed by atoms with Crippen LogP contribution in [-0.4, -0.2) is 13.4 Å². The molecule has 5 aromatic rings. The average molecular weight is 766 g/mol. The van der Waals surface area contributed by atoms with Gasteiger partial charge in [0.2, 0.25) is 0 Å². The summed E-state index contributed by atoms with van der Waals surface area (Å²) in [4.78, 5) is 0. The van der Waals surface area contributed by atoms with Crippen molar-refractivity contribution in [2.75, 3.05) is 0 Å². The highest BCUT2D eigenvalue weighted by Gasteiger charge is 2.46. The zero-order chi connectivity index (χ0) is 39.0. The van der Waals surface area contributed by atoms with E-state index in [1.54, 1.807) is 0 Å². The second-order valence-corrected chi connectivity index (χ2v) is 10.4. The van der Waals surface area contributed by atoms with Crippen LogP contribution in [0.1, 0.15) is 0 Å². The first kappa shape index (κ1) is 38.1. The third kappa shape index (κ3) is 5.44. The predicted molar refractivity (Wildman–Crippen MR) is 141 cm³/mol. The molecular weight excluding hydrogens is 762 g/mol.